The number of aliphatic hydroxyl groups excluding tert-OH is 1. The maximum Gasteiger partial charge on any atom is 0.125 e. The molecule has 0 heterocycles. The monoisotopic (exact) mass is 246 g/mol. The Morgan fingerprint density at radius 3 is 2.72 bits per heavy atom. The maximum absolute atomic E-state index is 10.6. The second kappa shape index (κ2) is 4.93. The van der Waals surface area contributed by atoms with E-state index in [0.717, 1.165) is 36.2 Å². The van der Waals surface area contributed by atoms with E-state index in [4.69, 9.17) is 4.74 Å². The summed E-state index contributed by atoms with van der Waals surface area (Å²) in [5, 5.41) is 10.6. The SMILES string of the molecule is CCCOc1ccccc1C(O)C1C2CCCC21. The second-order valence-electron chi connectivity index (χ2n) is 5.67. The molecule has 0 bridgehead atoms. The molecule has 0 aliphatic heterocycles. The van der Waals surface area contributed by atoms with E-state index >= 15 is 0 Å². The van der Waals surface area contributed by atoms with Crippen LogP contribution in [0, 0.1) is 17.8 Å². The van der Waals surface area contributed by atoms with E-state index in [-0.39, 0.29) is 6.10 Å². The fourth-order valence-electron chi connectivity index (χ4n) is 3.62. The quantitative estimate of drug-likeness (QED) is 0.861. The van der Waals surface area contributed by atoms with Crippen LogP contribution in [0.3, 0.4) is 0 Å². The van der Waals surface area contributed by atoms with Crippen molar-refractivity contribution in [1.29, 1.82) is 0 Å². The minimum absolute atomic E-state index is 0.326. The van der Waals surface area contributed by atoms with Crippen molar-refractivity contribution in [3.8, 4) is 5.75 Å². The van der Waals surface area contributed by atoms with Gasteiger partial charge in [0.15, 0.2) is 0 Å². The Labute approximate surface area is 109 Å². The minimum Gasteiger partial charge on any atom is -0.493 e. The number of fused-ring (bicyclic) bond motifs is 1. The normalized spacial score (nSPS) is 30.9. The molecule has 98 valence electrons. The molecule has 0 radical (unpaired) electrons. The number of aliphatic hydroxyl groups is 1. The molecule has 0 amide bonds. The highest BCUT2D eigenvalue weighted by molar-refractivity contribution is 5.36. The van der Waals surface area contributed by atoms with Gasteiger partial charge in [0.25, 0.3) is 0 Å². The lowest BCUT2D eigenvalue weighted by Gasteiger charge is -2.17. The van der Waals surface area contributed by atoms with Crippen molar-refractivity contribution in [3.05, 3.63) is 29.8 Å². The van der Waals surface area contributed by atoms with Crippen molar-refractivity contribution in [2.24, 2.45) is 17.8 Å². The van der Waals surface area contributed by atoms with Gasteiger partial charge in [-0.05, 0) is 43.1 Å². The lowest BCUT2D eigenvalue weighted by Crippen LogP contribution is -2.07. The Kier molecular flexibility index (Phi) is 3.29. The molecule has 3 rings (SSSR count). The zero-order valence-corrected chi connectivity index (χ0v) is 11.0. The van der Waals surface area contributed by atoms with Crippen LogP contribution in [0.4, 0.5) is 0 Å². The molecular formula is C16H22O2. The first kappa shape index (κ1) is 12.0. The minimum atomic E-state index is -0.326. The number of para-hydroxylation sites is 1. The van der Waals surface area contributed by atoms with E-state index in [0.29, 0.717) is 5.92 Å². The molecule has 2 fully saturated rings. The average Bonchev–Trinajstić information content (AvgIpc) is 2.88. The summed E-state index contributed by atoms with van der Waals surface area (Å²) in [5.74, 6) is 2.92. The summed E-state index contributed by atoms with van der Waals surface area (Å²) in [6.45, 7) is 2.82. The molecule has 2 aliphatic rings. The van der Waals surface area contributed by atoms with Gasteiger partial charge in [-0.3, -0.25) is 0 Å². The van der Waals surface area contributed by atoms with Gasteiger partial charge in [0, 0.05) is 5.56 Å². The van der Waals surface area contributed by atoms with Crippen LogP contribution in [0.15, 0.2) is 24.3 Å². The Morgan fingerprint density at radius 2 is 2.00 bits per heavy atom. The van der Waals surface area contributed by atoms with E-state index in [9.17, 15) is 5.11 Å². The average molecular weight is 246 g/mol. The highest BCUT2D eigenvalue weighted by Gasteiger charge is 2.56. The number of benzene rings is 1. The van der Waals surface area contributed by atoms with Gasteiger partial charge in [-0.1, -0.05) is 31.5 Å². The summed E-state index contributed by atoms with van der Waals surface area (Å²) in [5.41, 5.74) is 0.991. The van der Waals surface area contributed by atoms with E-state index < -0.39 is 0 Å². The zero-order valence-electron chi connectivity index (χ0n) is 11.0. The predicted molar refractivity (Wildman–Crippen MR) is 71.5 cm³/mol. The highest BCUT2D eigenvalue weighted by atomic mass is 16.5. The first-order valence-corrected chi connectivity index (χ1v) is 7.22. The van der Waals surface area contributed by atoms with Crippen molar-refractivity contribution in [3.63, 3.8) is 0 Å². The molecule has 0 aromatic heterocycles. The molecule has 2 aliphatic carbocycles. The van der Waals surface area contributed by atoms with Crippen LogP contribution in [0.2, 0.25) is 0 Å². The molecule has 18 heavy (non-hydrogen) atoms. The summed E-state index contributed by atoms with van der Waals surface area (Å²) < 4.78 is 5.75. The molecule has 3 unspecified atom stereocenters. The first-order chi connectivity index (χ1) is 8.83. The van der Waals surface area contributed by atoms with Crippen molar-refractivity contribution < 1.29 is 9.84 Å². The van der Waals surface area contributed by atoms with Crippen molar-refractivity contribution in [2.75, 3.05) is 6.61 Å². The summed E-state index contributed by atoms with van der Waals surface area (Å²) in [6.07, 6.45) is 4.65. The molecule has 2 saturated carbocycles. The van der Waals surface area contributed by atoms with Gasteiger partial charge in [-0.15, -0.1) is 0 Å². The van der Waals surface area contributed by atoms with Gasteiger partial charge in [-0.25, -0.2) is 0 Å². The van der Waals surface area contributed by atoms with Gasteiger partial charge in [0.2, 0.25) is 0 Å². The lowest BCUT2D eigenvalue weighted by molar-refractivity contribution is 0.132. The van der Waals surface area contributed by atoms with E-state index in [1.165, 1.54) is 19.3 Å². The van der Waals surface area contributed by atoms with E-state index in [2.05, 4.69) is 6.92 Å². The topological polar surface area (TPSA) is 29.5 Å². The molecule has 1 N–H and O–H groups in total. The lowest BCUT2D eigenvalue weighted by atomic mass is 9.99. The summed E-state index contributed by atoms with van der Waals surface area (Å²) >= 11 is 0. The molecule has 2 nitrogen and oxygen atoms in total. The largest absolute Gasteiger partial charge is 0.493 e. The molecule has 1 aromatic rings. The molecule has 2 heteroatoms. The zero-order chi connectivity index (χ0) is 12.5. The van der Waals surface area contributed by atoms with Gasteiger partial charge in [0.05, 0.1) is 12.7 Å². The van der Waals surface area contributed by atoms with E-state index in [1.807, 2.05) is 24.3 Å². The van der Waals surface area contributed by atoms with Crippen molar-refractivity contribution >= 4 is 0 Å². The third-order valence-corrected chi connectivity index (χ3v) is 4.54. The first-order valence-electron chi connectivity index (χ1n) is 7.22. The van der Waals surface area contributed by atoms with Crippen LogP contribution >= 0.6 is 0 Å². The summed E-state index contributed by atoms with van der Waals surface area (Å²) in [7, 11) is 0. The number of rotatable bonds is 5. The summed E-state index contributed by atoms with van der Waals surface area (Å²) in [6, 6.07) is 7.97. The van der Waals surface area contributed by atoms with Crippen LogP contribution in [-0.4, -0.2) is 11.7 Å². The molecule has 1 aromatic carbocycles. The number of hydrogen-bond acceptors (Lipinski definition) is 2. The van der Waals surface area contributed by atoms with Crippen molar-refractivity contribution in [1.82, 2.24) is 0 Å². The molecule has 3 atom stereocenters. The Morgan fingerprint density at radius 1 is 1.28 bits per heavy atom. The fraction of sp³-hybridized carbons (Fsp3) is 0.625. The van der Waals surface area contributed by atoms with Crippen LogP contribution in [0.1, 0.15) is 44.3 Å². The maximum atomic E-state index is 10.6. The van der Waals surface area contributed by atoms with Crippen molar-refractivity contribution in [2.45, 2.75) is 38.7 Å². The Hall–Kier alpha value is -1.02. The van der Waals surface area contributed by atoms with Gasteiger partial charge < -0.3 is 9.84 Å². The van der Waals surface area contributed by atoms with Gasteiger partial charge in [-0.2, -0.15) is 0 Å². The van der Waals surface area contributed by atoms with Crippen LogP contribution < -0.4 is 4.74 Å². The van der Waals surface area contributed by atoms with E-state index in [1.54, 1.807) is 0 Å². The summed E-state index contributed by atoms with van der Waals surface area (Å²) in [4.78, 5) is 0. The van der Waals surface area contributed by atoms with Crippen LogP contribution in [0.5, 0.6) is 5.75 Å². The third kappa shape index (κ3) is 2.03. The number of hydrogen-bond donors (Lipinski definition) is 1. The second-order valence-corrected chi connectivity index (χ2v) is 5.67. The van der Waals surface area contributed by atoms with Gasteiger partial charge >= 0.3 is 0 Å². The number of ether oxygens (including phenoxy) is 1. The fourth-order valence-corrected chi connectivity index (χ4v) is 3.62. The Balaban J connectivity index is 1.74. The van der Waals surface area contributed by atoms with Crippen LogP contribution in [0.25, 0.3) is 0 Å². The standard InChI is InChI=1S/C16H22O2/c1-2-10-18-14-9-4-3-6-13(14)16(17)15-11-7-5-8-12(11)15/h3-4,6,9,11-12,15-17H,2,5,7-8,10H2,1H3. The third-order valence-electron chi connectivity index (χ3n) is 4.54. The highest BCUT2D eigenvalue weighted by Crippen LogP contribution is 2.62. The molecule has 0 saturated heterocycles. The van der Waals surface area contributed by atoms with Gasteiger partial charge in [0.1, 0.15) is 5.75 Å². The molecule has 0 spiro atoms. The smallest absolute Gasteiger partial charge is 0.125 e. The Bertz CT molecular complexity index is 405. The predicted octanol–water partition coefficient (Wildman–Crippen LogP) is 3.55. The molecular weight excluding hydrogens is 224 g/mol. The van der Waals surface area contributed by atoms with Crippen LogP contribution in [-0.2, 0) is 0 Å².